The minimum Gasteiger partial charge on any atom is -0.465 e. The van der Waals surface area contributed by atoms with Crippen LogP contribution in [0.2, 0.25) is 0 Å². The van der Waals surface area contributed by atoms with Crippen molar-refractivity contribution in [2.45, 2.75) is 13.0 Å². The summed E-state index contributed by atoms with van der Waals surface area (Å²) in [5.41, 5.74) is 7.48. The topological polar surface area (TPSA) is 69.8 Å². The van der Waals surface area contributed by atoms with E-state index < -0.39 is 6.09 Å². The Balaban J connectivity index is 2.06. The van der Waals surface area contributed by atoms with Gasteiger partial charge >= 0.3 is 6.09 Å². The van der Waals surface area contributed by atoms with Crippen molar-refractivity contribution in [2.24, 2.45) is 0 Å². The molecule has 0 unspecified atom stereocenters. The smallest absolute Gasteiger partial charge is 0.407 e. The fraction of sp³-hybridized carbons (Fsp3) is 0.417. The molecule has 1 aromatic rings. The lowest BCUT2D eigenvalue weighted by atomic mass is 10.1. The molecule has 1 amide bonds. The molecule has 1 aliphatic rings. The number of nitrogen functional groups attached to an aromatic ring is 1. The molecule has 0 aromatic heterocycles. The van der Waals surface area contributed by atoms with Gasteiger partial charge in [-0.05, 0) is 31.2 Å². The van der Waals surface area contributed by atoms with Crippen LogP contribution in [0.25, 0.3) is 0 Å². The van der Waals surface area contributed by atoms with Crippen molar-refractivity contribution in [3.63, 3.8) is 0 Å². The van der Waals surface area contributed by atoms with Gasteiger partial charge in [0, 0.05) is 37.1 Å². The highest BCUT2D eigenvalue weighted by Crippen LogP contribution is 2.20. The first-order valence-electron chi connectivity index (χ1n) is 5.68. The summed E-state index contributed by atoms with van der Waals surface area (Å²) in [6, 6.07) is 7.68. The number of hydrogen-bond donors (Lipinski definition) is 2. The number of carboxylic acid groups (broad SMARTS) is 1. The summed E-state index contributed by atoms with van der Waals surface area (Å²) < 4.78 is 0. The molecule has 92 valence electrons. The van der Waals surface area contributed by atoms with Gasteiger partial charge in [-0.2, -0.15) is 0 Å². The van der Waals surface area contributed by atoms with Gasteiger partial charge in [0.05, 0.1) is 0 Å². The van der Waals surface area contributed by atoms with Gasteiger partial charge in [-0.1, -0.05) is 0 Å². The molecule has 1 fully saturated rings. The van der Waals surface area contributed by atoms with Crippen LogP contribution in [0.1, 0.15) is 6.92 Å². The van der Waals surface area contributed by atoms with Gasteiger partial charge in [-0.25, -0.2) is 4.79 Å². The van der Waals surface area contributed by atoms with E-state index in [0.29, 0.717) is 6.54 Å². The standard InChI is InChI=1S/C12H17N3O2/c1-9-8-14(6-7-15(9)12(16)17)11-4-2-10(13)3-5-11/h2-5,9H,6-8,13H2,1H3,(H,16,17)/t9-/m1/s1. The normalized spacial score (nSPS) is 20.4. The molecule has 1 heterocycles. The van der Waals surface area contributed by atoms with E-state index in [1.807, 2.05) is 31.2 Å². The molecular weight excluding hydrogens is 218 g/mol. The van der Waals surface area contributed by atoms with Gasteiger partial charge in [0.25, 0.3) is 0 Å². The third kappa shape index (κ3) is 2.43. The van der Waals surface area contributed by atoms with Crippen molar-refractivity contribution < 1.29 is 9.90 Å². The van der Waals surface area contributed by atoms with Gasteiger partial charge in [0.1, 0.15) is 0 Å². The number of hydrogen-bond acceptors (Lipinski definition) is 3. The zero-order valence-corrected chi connectivity index (χ0v) is 9.84. The van der Waals surface area contributed by atoms with Crippen LogP contribution in [0.3, 0.4) is 0 Å². The fourth-order valence-electron chi connectivity index (χ4n) is 2.16. The molecule has 1 aliphatic heterocycles. The summed E-state index contributed by atoms with van der Waals surface area (Å²) in [6.45, 7) is 3.91. The van der Waals surface area contributed by atoms with Gasteiger partial charge in [-0.3, -0.25) is 0 Å². The van der Waals surface area contributed by atoms with Crippen LogP contribution in [0.4, 0.5) is 16.2 Å². The molecule has 0 saturated carbocycles. The van der Waals surface area contributed by atoms with E-state index in [1.165, 1.54) is 4.90 Å². The molecular formula is C12H17N3O2. The van der Waals surface area contributed by atoms with E-state index in [1.54, 1.807) is 0 Å². The third-order valence-corrected chi connectivity index (χ3v) is 3.13. The van der Waals surface area contributed by atoms with E-state index in [9.17, 15) is 4.79 Å². The van der Waals surface area contributed by atoms with Crippen LogP contribution in [-0.2, 0) is 0 Å². The molecule has 5 heteroatoms. The summed E-state index contributed by atoms with van der Waals surface area (Å²) >= 11 is 0. The van der Waals surface area contributed by atoms with Crippen LogP contribution in [0, 0.1) is 0 Å². The Morgan fingerprint density at radius 1 is 1.35 bits per heavy atom. The van der Waals surface area contributed by atoms with E-state index >= 15 is 0 Å². The van der Waals surface area contributed by atoms with E-state index in [0.717, 1.165) is 24.5 Å². The Labute approximate surface area is 100 Å². The Morgan fingerprint density at radius 3 is 2.53 bits per heavy atom. The SMILES string of the molecule is C[C@@H]1CN(c2ccc(N)cc2)CCN1C(=O)O. The summed E-state index contributed by atoms with van der Waals surface area (Å²) in [6.07, 6.45) is -0.838. The van der Waals surface area contributed by atoms with E-state index in [2.05, 4.69) is 4.90 Å². The van der Waals surface area contributed by atoms with Crippen molar-refractivity contribution in [3.05, 3.63) is 24.3 Å². The monoisotopic (exact) mass is 235 g/mol. The second kappa shape index (κ2) is 4.53. The van der Waals surface area contributed by atoms with Crippen molar-refractivity contribution in [2.75, 3.05) is 30.3 Å². The predicted octanol–water partition coefficient (Wildman–Crippen LogP) is 1.46. The van der Waals surface area contributed by atoms with Crippen LogP contribution < -0.4 is 10.6 Å². The number of nitrogens with zero attached hydrogens (tertiary/aromatic N) is 2. The number of benzene rings is 1. The van der Waals surface area contributed by atoms with Crippen LogP contribution in [0.5, 0.6) is 0 Å². The molecule has 0 bridgehead atoms. The zero-order valence-electron chi connectivity index (χ0n) is 9.84. The molecule has 0 radical (unpaired) electrons. The summed E-state index contributed by atoms with van der Waals surface area (Å²) in [5.74, 6) is 0. The first-order chi connectivity index (χ1) is 8.08. The average Bonchev–Trinajstić information content (AvgIpc) is 2.29. The second-order valence-corrected chi connectivity index (χ2v) is 4.36. The van der Waals surface area contributed by atoms with Gasteiger partial charge in [-0.15, -0.1) is 0 Å². The fourth-order valence-corrected chi connectivity index (χ4v) is 2.16. The Morgan fingerprint density at radius 2 is 2.00 bits per heavy atom. The lowest BCUT2D eigenvalue weighted by Crippen LogP contribution is -2.53. The quantitative estimate of drug-likeness (QED) is 0.723. The molecule has 1 saturated heterocycles. The van der Waals surface area contributed by atoms with E-state index in [-0.39, 0.29) is 6.04 Å². The number of carbonyl (C=O) groups is 1. The predicted molar refractivity (Wildman–Crippen MR) is 67.3 cm³/mol. The first-order valence-corrected chi connectivity index (χ1v) is 5.68. The molecule has 5 nitrogen and oxygen atoms in total. The molecule has 17 heavy (non-hydrogen) atoms. The maximum atomic E-state index is 10.9. The summed E-state index contributed by atoms with van der Waals surface area (Å²) in [7, 11) is 0. The molecule has 3 N–H and O–H groups in total. The van der Waals surface area contributed by atoms with Crippen LogP contribution >= 0.6 is 0 Å². The third-order valence-electron chi connectivity index (χ3n) is 3.13. The maximum Gasteiger partial charge on any atom is 0.407 e. The number of piperazine rings is 1. The lowest BCUT2D eigenvalue weighted by molar-refractivity contribution is 0.123. The van der Waals surface area contributed by atoms with Gasteiger partial charge in [0.15, 0.2) is 0 Å². The van der Waals surface area contributed by atoms with Gasteiger partial charge < -0.3 is 20.6 Å². The maximum absolute atomic E-state index is 10.9. The molecule has 1 atom stereocenters. The molecule has 0 aliphatic carbocycles. The number of rotatable bonds is 1. The van der Waals surface area contributed by atoms with E-state index in [4.69, 9.17) is 10.8 Å². The summed E-state index contributed by atoms with van der Waals surface area (Å²) in [4.78, 5) is 14.6. The van der Waals surface area contributed by atoms with Crippen molar-refractivity contribution in [3.8, 4) is 0 Å². The highest BCUT2D eigenvalue weighted by atomic mass is 16.4. The number of anilines is 2. The second-order valence-electron chi connectivity index (χ2n) is 4.36. The Hall–Kier alpha value is -1.91. The summed E-state index contributed by atoms with van der Waals surface area (Å²) in [5, 5.41) is 8.99. The highest BCUT2D eigenvalue weighted by Gasteiger charge is 2.26. The van der Waals surface area contributed by atoms with Crippen molar-refractivity contribution >= 4 is 17.5 Å². The average molecular weight is 235 g/mol. The number of amides is 1. The first kappa shape index (κ1) is 11.6. The van der Waals surface area contributed by atoms with Crippen LogP contribution in [-0.4, -0.2) is 41.8 Å². The van der Waals surface area contributed by atoms with Gasteiger partial charge in [0.2, 0.25) is 0 Å². The van der Waals surface area contributed by atoms with Crippen molar-refractivity contribution in [1.82, 2.24) is 4.90 Å². The Bertz CT molecular complexity index is 405. The Kier molecular flexibility index (Phi) is 3.08. The largest absolute Gasteiger partial charge is 0.465 e. The minimum atomic E-state index is -0.838. The lowest BCUT2D eigenvalue weighted by Gasteiger charge is -2.39. The minimum absolute atomic E-state index is 0.0128. The zero-order chi connectivity index (χ0) is 12.4. The molecule has 0 spiro atoms. The highest BCUT2D eigenvalue weighted by molar-refractivity contribution is 5.66. The molecule has 1 aromatic carbocycles. The van der Waals surface area contributed by atoms with Crippen molar-refractivity contribution in [1.29, 1.82) is 0 Å². The van der Waals surface area contributed by atoms with Crippen LogP contribution in [0.15, 0.2) is 24.3 Å². The number of nitrogens with two attached hydrogens (primary N) is 1. The molecule has 2 rings (SSSR count).